The third-order valence-electron chi connectivity index (χ3n) is 4.66. The Morgan fingerprint density at radius 1 is 1.30 bits per heavy atom. The highest BCUT2D eigenvalue weighted by molar-refractivity contribution is 5.80. The average Bonchev–Trinajstić information content (AvgIpc) is 3.30. The highest BCUT2D eigenvalue weighted by Crippen LogP contribution is 2.41. The molecule has 0 saturated heterocycles. The molecular formula is C18H24N2O3. The maximum Gasteiger partial charge on any atom is 0.252 e. The SMILES string of the molecule is CCOc1ccc2[nH]c(=O)c(CN(C)C3(COC)CC3)cc2c1. The lowest BCUT2D eigenvalue weighted by atomic mass is 10.1. The molecule has 2 aromatic rings. The van der Waals surface area contributed by atoms with Gasteiger partial charge in [0.25, 0.3) is 5.56 Å². The van der Waals surface area contributed by atoms with Gasteiger partial charge in [-0.15, -0.1) is 0 Å². The Hall–Kier alpha value is -1.85. The van der Waals surface area contributed by atoms with Crippen molar-refractivity contribution < 1.29 is 9.47 Å². The number of H-pyrrole nitrogens is 1. The maximum atomic E-state index is 12.3. The second-order valence-electron chi connectivity index (χ2n) is 6.32. The van der Waals surface area contributed by atoms with E-state index in [0.717, 1.165) is 35.1 Å². The van der Waals surface area contributed by atoms with Crippen LogP contribution in [0.1, 0.15) is 25.3 Å². The number of nitrogens with one attached hydrogen (secondary N) is 1. The number of pyridine rings is 1. The standard InChI is InChI=1S/C18H24N2O3/c1-4-23-15-5-6-16-13(10-15)9-14(17(21)19-16)11-20(2)18(7-8-18)12-22-3/h5-6,9-10H,4,7-8,11-12H2,1-3H3,(H,19,21). The molecule has 1 aromatic heterocycles. The summed E-state index contributed by atoms with van der Waals surface area (Å²) < 4.78 is 10.9. The molecule has 5 nitrogen and oxygen atoms in total. The molecule has 124 valence electrons. The number of hydrogen-bond donors (Lipinski definition) is 1. The summed E-state index contributed by atoms with van der Waals surface area (Å²) in [5, 5.41) is 0.996. The van der Waals surface area contributed by atoms with Crippen molar-refractivity contribution >= 4 is 10.9 Å². The minimum Gasteiger partial charge on any atom is -0.494 e. The van der Waals surface area contributed by atoms with Crippen LogP contribution in [0.3, 0.4) is 0 Å². The Labute approximate surface area is 136 Å². The van der Waals surface area contributed by atoms with E-state index < -0.39 is 0 Å². The summed E-state index contributed by atoms with van der Waals surface area (Å²) in [6.45, 7) is 3.92. The molecule has 1 aliphatic rings. The summed E-state index contributed by atoms with van der Waals surface area (Å²) in [5.41, 5.74) is 1.68. The lowest BCUT2D eigenvalue weighted by Crippen LogP contribution is -2.38. The van der Waals surface area contributed by atoms with Gasteiger partial charge in [-0.1, -0.05) is 0 Å². The topological polar surface area (TPSA) is 54.6 Å². The molecular weight excluding hydrogens is 292 g/mol. The Kier molecular flexibility index (Phi) is 4.41. The smallest absolute Gasteiger partial charge is 0.252 e. The van der Waals surface area contributed by atoms with Crippen LogP contribution < -0.4 is 10.3 Å². The van der Waals surface area contributed by atoms with E-state index in [1.165, 1.54) is 0 Å². The molecule has 1 N–H and O–H groups in total. The van der Waals surface area contributed by atoms with E-state index in [1.807, 2.05) is 31.2 Å². The van der Waals surface area contributed by atoms with Crippen LogP contribution in [0.15, 0.2) is 29.1 Å². The fourth-order valence-corrected chi connectivity index (χ4v) is 3.08. The first-order valence-electron chi connectivity index (χ1n) is 8.07. The zero-order valence-electron chi connectivity index (χ0n) is 14.0. The molecule has 3 rings (SSSR count). The molecule has 0 bridgehead atoms. The zero-order valence-corrected chi connectivity index (χ0v) is 14.0. The van der Waals surface area contributed by atoms with Gasteiger partial charge in [-0.05, 0) is 51.1 Å². The summed E-state index contributed by atoms with van der Waals surface area (Å²) >= 11 is 0. The van der Waals surface area contributed by atoms with E-state index in [9.17, 15) is 4.79 Å². The molecule has 1 fully saturated rings. The second kappa shape index (κ2) is 6.34. The van der Waals surface area contributed by atoms with Crippen molar-refractivity contribution in [2.24, 2.45) is 0 Å². The van der Waals surface area contributed by atoms with Crippen LogP contribution in [0.2, 0.25) is 0 Å². The summed E-state index contributed by atoms with van der Waals surface area (Å²) in [6, 6.07) is 7.71. The van der Waals surface area contributed by atoms with Crippen LogP contribution in [-0.4, -0.2) is 42.8 Å². The van der Waals surface area contributed by atoms with Gasteiger partial charge < -0.3 is 14.5 Å². The fraction of sp³-hybridized carbons (Fsp3) is 0.500. The molecule has 0 aliphatic heterocycles. The average molecular weight is 316 g/mol. The third kappa shape index (κ3) is 3.26. The van der Waals surface area contributed by atoms with Crippen molar-refractivity contribution in [2.75, 3.05) is 27.4 Å². The Bertz CT molecular complexity index is 750. The number of methoxy groups -OCH3 is 1. The van der Waals surface area contributed by atoms with Gasteiger partial charge in [0.2, 0.25) is 0 Å². The molecule has 0 amide bonds. The van der Waals surface area contributed by atoms with Gasteiger partial charge in [-0.3, -0.25) is 9.69 Å². The predicted octanol–water partition coefficient (Wildman–Crippen LogP) is 2.54. The highest BCUT2D eigenvalue weighted by atomic mass is 16.5. The van der Waals surface area contributed by atoms with Gasteiger partial charge in [0, 0.05) is 35.7 Å². The largest absolute Gasteiger partial charge is 0.494 e. The maximum absolute atomic E-state index is 12.3. The van der Waals surface area contributed by atoms with E-state index in [1.54, 1.807) is 7.11 Å². The van der Waals surface area contributed by atoms with Gasteiger partial charge in [0.1, 0.15) is 5.75 Å². The van der Waals surface area contributed by atoms with Crippen LogP contribution in [-0.2, 0) is 11.3 Å². The molecule has 0 radical (unpaired) electrons. The van der Waals surface area contributed by atoms with E-state index >= 15 is 0 Å². The van der Waals surface area contributed by atoms with Crippen LogP contribution in [0.5, 0.6) is 5.75 Å². The first-order valence-corrected chi connectivity index (χ1v) is 8.07. The molecule has 23 heavy (non-hydrogen) atoms. The molecule has 1 heterocycles. The van der Waals surface area contributed by atoms with Gasteiger partial charge in [-0.2, -0.15) is 0 Å². The lowest BCUT2D eigenvalue weighted by molar-refractivity contribution is 0.0870. The van der Waals surface area contributed by atoms with Crippen molar-refractivity contribution in [1.82, 2.24) is 9.88 Å². The highest BCUT2D eigenvalue weighted by Gasteiger charge is 2.46. The minimum absolute atomic E-state index is 0.0262. The number of aromatic nitrogens is 1. The number of fused-ring (bicyclic) bond motifs is 1. The van der Waals surface area contributed by atoms with Crippen molar-refractivity contribution in [3.8, 4) is 5.75 Å². The van der Waals surface area contributed by atoms with Crippen LogP contribution in [0, 0.1) is 0 Å². The van der Waals surface area contributed by atoms with E-state index in [-0.39, 0.29) is 11.1 Å². The predicted molar refractivity (Wildman–Crippen MR) is 91.0 cm³/mol. The summed E-state index contributed by atoms with van der Waals surface area (Å²) in [4.78, 5) is 17.5. The number of nitrogens with zero attached hydrogens (tertiary/aromatic N) is 1. The first-order chi connectivity index (χ1) is 11.1. The third-order valence-corrected chi connectivity index (χ3v) is 4.66. The van der Waals surface area contributed by atoms with Crippen LogP contribution in [0.4, 0.5) is 0 Å². The normalized spacial score (nSPS) is 16.0. The number of hydrogen-bond acceptors (Lipinski definition) is 4. The van der Waals surface area contributed by atoms with Crippen molar-refractivity contribution in [2.45, 2.75) is 31.8 Å². The van der Waals surface area contributed by atoms with Crippen LogP contribution in [0.25, 0.3) is 10.9 Å². The quantitative estimate of drug-likeness (QED) is 0.853. The minimum atomic E-state index is -0.0262. The summed E-state index contributed by atoms with van der Waals surface area (Å²) in [5.74, 6) is 0.824. The number of likely N-dealkylation sites (N-methyl/N-ethyl adjacent to an activating group) is 1. The molecule has 0 spiro atoms. The molecule has 1 aromatic carbocycles. The van der Waals surface area contributed by atoms with Crippen molar-refractivity contribution in [1.29, 1.82) is 0 Å². The molecule has 5 heteroatoms. The number of ether oxygens (including phenoxy) is 2. The van der Waals surface area contributed by atoms with Gasteiger partial charge in [0.05, 0.1) is 13.2 Å². The van der Waals surface area contributed by atoms with E-state index in [2.05, 4.69) is 16.9 Å². The van der Waals surface area contributed by atoms with Crippen molar-refractivity contribution in [3.63, 3.8) is 0 Å². The second-order valence-corrected chi connectivity index (χ2v) is 6.32. The fourth-order valence-electron chi connectivity index (χ4n) is 3.08. The molecule has 1 saturated carbocycles. The number of benzene rings is 1. The van der Waals surface area contributed by atoms with Gasteiger partial charge in [-0.25, -0.2) is 0 Å². The van der Waals surface area contributed by atoms with E-state index in [0.29, 0.717) is 19.8 Å². The molecule has 0 unspecified atom stereocenters. The van der Waals surface area contributed by atoms with Crippen LogP contribution >= 0.6 is 0 Å². The lowest BCUT2D eigenvalue weighted by Gasteiger charge is -2.27. The van der Waals surface area contributed by atoms with E-state index in [4.69, 9.17) is 9.47 Å². The van der Waals surface area contributed by atoms with Gasteiger partial charge in [0.15, 0.2) is 0 Å². The zero-order chi connectivity index (χ0) is 16.4. The summed E-state index contributed by atoms with van der Waals surface area (Å²) in [7, 11) is 3.79. The number of rotatable bonds is 7. The Balaban J connectivity index is 1.88. The van der Waals surface area contributed by atoms with Gasteiger partial charge >= 0.3 is 0 Å². The number of aromatic amines is 1. The first kappa shape index (κ1) is 16.0. The Morgan fingerprint density at radius 3 is 2.74 bits per heavy atom. The van der Waals surface area contributed by atoms with Crippen molar-refractivity contribution in [3.05, 3.63) is 40.2 Å². The monoisotopic (exact) mass is 316 g/mol. The summed E-state index contributed by atoms with van der Waals surface area (Å²) in [6.07, 6.45) is 2.24. The molecule has 0 atom stereocenters. The Morgan fingerprint density at radius 2 is 2.09 bits per heavy atom. The molecule has 1 aliphatic carbocycles.